The second kappa shape index (κ2) is 6.05. The van der Waals surface area contributed by atoms with E-state index in [-0.39, 0.29) is 0 Å². The van der Waals surface area contributed by atoms with Crippen LogP contribution < -0.4 is 4.74 Å². The van der Waals surface area contributed by atoms with Crippen molar-refractivity contribution >= 4 is 0 Å². The predicted molar refractivity (Wildman–Crippen MR) is 57.6 cm³/mol. The Labute approximate surface area is 89.9 Å². The fourth-order valence-electron chi connectivity index (χ4n) is 1.11. The molecule has 1 aromatic rings. The number of nitrogens with zero attached hydrogens (tertiary/aromatic N) is 1. The summed E-state index contributed by atoms with van der Waals surface area (Å²) in [6.45, 7) is 2.22. The van der Waals surface area contributed by atoms with Crippen LogP contribution in [0.1, 0.15) is 18.9 Å². The Hall–Kier alpha value is -1.53. The lowest BCUT2D eigenvalue weighted by atomic mass is 10.2. The maximum Gasteiger partial charge on any atom is 0.119 e. The molecular formula is C12H15NO2. The monoisotopic (exact) mass is 205 g/mol. The molecule has 1 unspecified atom stereocenters. The molecule has 3 nitrogen and oxygen atoms in total. The number of hydrogen-bond donors (Lipinski definition) is 1. The van der Waals surface area contributed by atoms with Crippen molar-refractivity contribution in [2.24, 2.45) is 0 Å². The molecule has 0 bridgehead atoms. The first-order valence-electron chi connectivity index (χ1n) is 5.03. The van der Waals surface area contributed by atoms with Gasteiger partial charge in [-0.1, -0.05) is 19.1 Å². The van der Waals surface area contributed by atoms with Crippen LogP contribution in [0, 0.1) is 11.3 Å². The molecule has 0 aromatic heterocycles. The van der Waals surface area contributed by atoms with Gasteiger partial charge in [-0.3, -0.25) is 0 Å². The molecule has 0 radical (unpaired) electrons. The molecule has 0 spiro atoms. The van der Waals surface area contributed by atoms with Gasteiger partial charge in [0, 0.05) is 0 Å². The van der Waals surface area contributed by atoms with Crippen molar-refractivity contribution in [3.63, 3.8) is 0 Å². The Bertz CT molecular complexity index is 326. The largest absolute Gasteiger partial charge is 0.491 e. The summed E-state index contributed by atoms with van der Waals surface area (Å²) in [7, 11) is 0. The number of aliphatic hydroxyl groups excluding tert-OH is 1. The topological polar surface area (TPSA) is 53.2 Å². The zero-order chi connectivity index (χ0) is 11.1. The number of aliphatic hydroxyl groups is 1. The molecule has 1 N–H and O–H groups in total. The molecule has 1 aromatic carbocycles. The molecule has 0 heterocycles. The molecule has 0 aliphatic carbocycles. The predicted octanol–water partition coefficient (Wildman–Crippen LogP) is 1.90. The number of benzene rings is 1. The highest BCUT2D eigenvalue weighted by Crippen LogP contribution is 2.12. The average molecular weight is 205 g/mol. The Morgan fingerprint density at radius 2 is 2.07 bits per heavy atom. The summed E-state index contributed by atoms with van der Waals surface area (Å²) in [5.41, 5.74) is 0.973. The van der Waals surface area contributed by atoms with E-state index in [1.807, 2.05) is 31.2 Å². The van der Waals surface area contributed by atoms with E-state index in [1.54, 1.807) is 0 Å². The van der Waals surface area contributed by atoms with Gasteiger partial charge in [-0.25, -0.2) is 0 Å². The third-order valence-electron chi connectivity index (χ3n) is 2.12. The number of hydrogen-bond acceptors (Lipinski definition) is 3. The zero-order valence-corrected chi connectivity index (χ0v) is 8.81. The van der Waals surface area contributed by atoms with Gasteiger partial charge in [0.15, 0.2) is 0 Å². The maximum atomic E-state index is 9.29. The van der Waals surface area contributed by atoms with Gasteiger partial charge >= 0.3 is 0 Å². The van der Waals surface area contributed by atoms with Crippen molar-refractivity contribution in [1.29, 1.82) is 5.26 Å². The highest BCUT2D eigenvalue weighted by molar-refractivity contribution is 5.28. The van der Waals surface area contributed by atoms with Crippen molar-refractivity contribution in [3.05, 3.63) is 29.8 Å². The smallest absolute Gasteiger partial charge is 0.119 e. The lowest BCUT2D eigenvalue weighted by Crippen LogP contribution is -2.15. The summed E-state index contributed by atoms with van der Waals surface area (Å²) in [5, 5.41) is 17.8. The highest BCUT2D eigenvalue weighted by atomic mass is 16.5. The molecule has 3 heteroatoms. The van der Waals surface area contributed by atoms with Gasteiger partial charge in [-0.2, -0.15) is 5.26 Å². The van der Waals surface area contributed by atoms with Crippen LogP contribution in [-0.2, 0) is 6.42 Å². The standard InChI is InChI=1S/C12H15NO2/c1-2-11(14)9-15-12-5-3-10(4-6-12)7-8-13/h3-6,11,14H,2,7,9H2,1H3. The van der Waals surface area contributed by atoms with Crippen LogP contribution >= 0.6 is 0 Å². The summed E-state index contributed by atoms with van der Waals surface area (Å²) in [6, 6.07) is 9.43. The van der Waals surface area contributed by atoms with Crippen molar-refractivity contribution in [2.75, 3.05) is 6.61 Å². The van der Waals surface area contributed by atoms with Crippen molar-refractivity contribution in [1.82, 2.24) is 0 Å². The minimum Gasteiger partial charge on any atom is -0.491 e. The van der Waals surface area contributed by atoms with Gasteiger partial charge in [0.25, 0.3) is 0 Å². The fraction of sp³-hybridized carbons (Fsp3) is 0.417. The van der Waals surface area contributed by atoms with Gasteiger partial charge in [0.05, 0.1) is 18.6 Å². The van der Waals surface area contributed by atoms with Crippen LogP contribution in [0.5, 0.6) is 5.75 Å². The summed E-state index contributed by atoms with van der Waals surface area (Å²) < 4.78 is 5.36. The van der Waals surface area contributed by atoms with E-state index in [9.17, 15) is 5.11 Å². The quantitative estimate of drug-likeness (QED) is 0.798. The van der Waals surface area contributed by atoms with Gasteiger partial charge in [0.1, 0.15) is 12.4 Å². The first-order chi connectivity index (χ1) is 7.26. The molecule has 1 rings (SSSR count). The Morgan fingerprint density at radius 1 is 1.40 bits per heavy atom. The number of rotatable bonds is 5. The summed E-state index contributed by atoms with van der Waals surface area (Å²) in [5.74, 6) is 0.726. The third-order valence-corrected chi connectivity index (χ3v) is 2.12. The molecule has 80 valence electrons. The van der Waals surface area contributed by atoms with Gasteiger partial charge in [-0.15, -0.1) is 0 Å². The molecular weight excluding hydrogens is 190 g/mol. The summed E-state index contributed by atoms with van der Waals surface area (Å²) in [4.78, 5) is 0. The second-order valence-corrected chi connectivity index (χ2v) is 3.35. The van der Waals surface area contributed by atoms with Crippen LogP contribution in [-0.4, -0.2) is 17.8 Å². The van der Waals surface area contributed by atoms with Crippen LogP contribution in [0.15, 0.2) is 24.3 Å². The maximum absolute atomic E-state index is 9.29. The average Bonchev–Trinajstić information content (AvgIpc) is 2.28. The highest BCUT2D eigenvalue weighted by Gasteiger charge is 2.01. The van der Waals surface area contributed by atoms with E-state index in [0.717, 1.165) is 11.3 Å². The van der Waals surface area contributed by atoms with E-state index in [0.29, 0.717) is 19.4 Å². The minimum absolute atomic E-state index is 0.314. The van der Waals surface area contributed by atoms with E-state index in [4.69, 9.17) is 10.00 Å². The van der Waals surface area contributed by atoms with Crippen molar-refractivity contribution in [3.8, 4) is 11.8 Å². The third kappa shape index (κ3) is 4.01. The van der Waals surface area contributed by atoms with E-state index < -0.39 is 6.10 Å². The van der Waals surface area contributed by atoms with Crippen LogP contribution in [0.3, 0.4) is 0 Å². The number of ether oxygens (including phenoxy) is 1. The second-order valence-electron chi connectivity index (χ2n) is 3.35. The van der Waals surface area contributed by atoms with Crippen molar-refractivity contribution < 1.29 is 9.84 Å². The normalized spacial score (nSPS) is 11.8. The molecule has 1 atom stereocenters. The van der Waals surface area contributed by atoms with E-state index >= 15 is 0 Å². The minimum atomic E-state index is -0.413. The Kier molecular flexibility index (Phi) is 4.65. The van der Waals surface area contributed by atoms with Crippen molar-refractivity contribution in [2.45, 2.75) is 25.9 Å². The first-order valence-corrected chi connectivity index (χ1v) is 5.03. The molecule has 0 saturated carbocycles. The van der Waals surface area contributed by atoms with E-state index in [2.05, 4.69) is 6.07 Å². The SMILES string of the molecule is CCC(O)COc1ccc(CC#N)cc1. The van der Waals surface area contributed by atoms with Gasteiger partial charge < -0.3 is 9.84 Å². The lowest BCUT2D eigenvalue weighted by molar-refractivity contribution is 0.104. The molecule has 0 aliphatic rings. The molecule has 0 amide bonds. The lowest BCUT2D eigenvalue weighted by Gasteiger charge is -2.10. The van der Waals surface area contributed by atoms with Crippen LogP contribution in [0.25, 0.3) is 0 Å². The molecule has 0 fully saturated rings. The van der Waals surface area contributed by atoms with Gasteiger partial charge in [0.2, 0.25) is 0 Å². The molecule has 15 heavy (non-hydrogen) atoms. The first kappa shape index (κ1) is 11.5. The molecule has 0 saturated heterocycles. The summed E-state index contributed by atoms with van der Waals surface area (Å²) in [6.07, 6.45) is 0.688. The van der Waals surface area contributed by atoms with E-state index in [1.165, 1.54) is 0 Å². The zero-order valence-electron chi connectivity index (χ0n) is 8.81. The Balaban J connectivity index is 2.46. The van der Waals surface area contributed by atoms with Crippen LogP contribution in [0.2, 0.25) is 0 Å². The fourth-order valence-corrected chi connectivity index (χ4v) is 1.11. The van der Waals surface area contributed by atoms with Crippen LogP contribution in [0.4, 0.5) is 0 Å². The Morgan fingerprint density at radius 3 is 2.60 bits per heavy atom. The summed E-state index contributed by atoms with van der Waals surface area (Å²) >= 11 is 0. The van der Waals surface area contributed by atoms with Gasteiger partial charge in [-0.05, 0) is 24.1 Å². The number of nitriles is 1. The molecule has 0 aliphatic heterocycles.